The fourth-order valence-corrected chi connectivity index (χ4v) is 5.06. The quantitative estimate of drug-likeness (QED) is 0.903. The minimum Gasteiger partial charge on any atom is -0.381 e. The summed E-state index contributed by atoms with van der Waals surface area (Å²) in [6.45, 7) is 10.6. The van der Waals surface area contributed by atoms with Crippen molar-refractivity contribution in [1.29, 1.82) is 0 Å². The summed E-state index contributed by atoms with van der Waals surface area (Å²) in [6.07, 6.45) is 9.10. The number of anilines is 2. The van der Waals surface area contributed by atoms with Gasteiger partial charge in [-0.15, -0.1) is 0 Å². The van der Waals surface area contributed by atoms with E-state index in [9.17, 15) is 0 Å². The molecule has 3 aliphatic rings. The number of likely N-dealkylation sites (tertiary alicyclic amines) is 1. The topological polar surface area (TPSA) is 18.5 Å². The van der Waals surface area contributed by atoms with Gasteiger partial charge in [0.05, 0.1) is 16.9 Å². The molecule has 1 aromatic rings. The van der Waals surface area contributed by atoms with E-state index in [0.29, 0.717) is 5.54 Å². The number of hydrogen-bond donors (Lipinski definition) is 1. The Morgan fingerprint density at radius 3 is 2.42 bits per heavy atom. The molecule has 3 nitrogen and oxygen atoms in total. The third-order valence-corrected chi connectivity index (χ3v) is 6.61. The van der Waals surface area contributed by atoms with E-state index in [-0.39, 0.29) is 0 Å². The maximum Gasteiger partial charge on any atom is 0.0610 e. The van der Waals surface area contributed by atoms with Gasteiger partial charge in [0.1, 0.15) is 0 Å². The molecule has 0 saturated carbocycles. The van der Waals surface area contributed by atoms with E-state index in [0.717, 1.165) is 6.54 Å². The Morgan fingerprint density at radius 1 is 1.04 bits per heavy atom. The summed E-state index contributed by atoms with van der Waals surface area (Å²) in [5.74, 6) is 0. The summed E-state index contributed by atoms with van der Waals surface area (Å²) >= 11 is 0. The molecule has 1 saturated heterocycles. The van der Waals surface area contributed by atoms with Crippen LogP contribution in [0.1, 0.15) is 57.1 Å². The smallest absolute Gasteiger partial charge is 0.0610 e. The highest BCUT2D eigenvalue weighted by molar-refractivity contribution is 5.76. The van der Waals surface area contributed by atoms with Crippen molar-refractivity contribution in [3.8, 4) is 0 Å². The van der Waals surface area contributed by atoms with Gasteiger partial charge in [-0.1, -0.05) is 13.8 Å². The van der Waals surface area contributed by atoms with Gasteiger partial charge in [-0.2, -0.15) is 0 Å². The van der Waals surface area contributed by atoms with Gasteiger partial charge in [0, 0.05) is 26.2 Å². The molecule has 4 rings (SSSR count). The Morgan fingerprint density at radius 2 is 1.75 bits per heavy atom. The summed E-state index contributed by atoms with van der Waals surface area (Å²) < 4.78 is 0. The molecule has 0 atom stereocenters. The maximum absolute atomic E-state index is 3.83. The van der Waals surface area contributed by atoms with Crippen LogP contribution in [0.4, 0.5) is 11.4 Å². The maximum atomic E-state index is 3.83. The number of aryl methyl sites for hydroxylation is 2. The molecule has 1 N–H and O–H groups in total. The summed E-state index contributed by atoms with van der Waals surface area (Å²) in [5, 5.41) is 3.83. The van der Waals surface area contributed by atoms with Crippen LogP contribution in [-0.4, -0.2) is 43.2 Å². The summed E-state index contributed by atoms with van der Waals surface area (Å²) in [4.78, 5) is 5.40. The lowest BCUT2D eigenvalue weighted by molar-refractivity contribution is 0.165. The Bertz CT molecular complexity index is 587. The van der Waals surface area contributed by atoms with Crippen molar-refractivity contribution in [3.05, 3.63) is 23.3 Å². The molecule has 3 heteroatoms. The number of rotatable bonds is 3. The average molecular weight is 328 g/mol. The Hall–Kier alpha value is -1.22. The number of piperidine rings is 1. The van der Waals surface area contributed by atoms with E-state index < -0.39 is 0 Å². The molecule has 0 unspecified atom stereocenters. The first-order valence-corrected chi connectivity index (χ1v) is 10.2. The van der Waals surface area contributed by atoms with E-state index in [4.69, 9.17) is 0 Å². The minimum absolute atomic E-state index is 0.331. The molecule has 2 heterocycles. The third-order valence-electron chi connectivity index (χ3n) is 6.61. The van der Waals surface area contributed by atoms with E-state index in [1.165, 1.54) is 82.5 Å². The molecule has 2 aliphatic heterocycles. The average Bonchev–Trinajstić information content (AvgIpc) is 2.64. The predicted molar refractivity (Wildman–Crippen MR) is 103 cm³/mol. The van der Waals surface area contributed by atoms with Crippen molar-refractivity contribution < 1.29 is 0 Å². The molecule has 24 heavy (non-hydrogen) atoms. The van der Waals surface area contributed by atoms with Gasteiger partial charge in [-0.25, -0.2) is 0 Å². The first kappa shape index (κ1) is 16.3. The highest BCUT2D eigenvalue weighted by Gasteiger charge is 2.42. The highest BCUT2D eigenvalue weighted by atomic mass is 15.3. The van der Waals surface area contributed by atoms with Crippen molar-refractivity contribution >= 4 is 11.4 Å². The van der Waals surface area contributed by atoms with Crippen molar-refractivity contribution in [2.75, 3.05) is 42.9 Å². The molecule has 1 aliphatic carbocycles. The molecule has 0 bridgehead atoms. The molecule has 1 spiro atoms. The lowest BCUT2D eigenvalue weighted by Gasteiger charge is -2.53. The second-order valence-corrected chi connectivity index (χ2v) is 8.01. The number of fused-ring (bicyclic) bond motifs is 2. The summed E-state index contributed by atoms with van der Waals surface area (Å²) in [5.41, 5.74) is 6.44. The van der Waals surface area contributed by atoms with Gasteiger partial charge in [-0.05, 0) is 74.8 Å². The third kappa shape index (κ3) is 2.71. The number of nitrogens with zero attached hydrogens (tertiary/aromatic N) is 2. The van der Waals surface area contributed by atoms with Gasteiger partial charge in [0.15, 0.2) is 0 Å². The molecular formula is C21H33N3. The number of nitrogens with one attached hydrogen (secondary N) is 1. The molecule has 0 aromatic heterocycles. The van der Waals surface area contributed by atoms with Gasteiger partial charge in [-0.3, -0.25) is 0 Å². The normalized spacial score (nSPS) is 22.8. The summed E-state index contributed by atoms with van der Waals surface area (Å²) in [6, 6.07) is 5.01. The largest absolute Gasteiger partial charge is 0.381 e. The second kappa shape index (κ2) is 6.59. The van der Waals surface area contributed by atoms with E-state index in [1.807, 2.05) is 0 Å². The van der Waals surface area contributed by atoms with Crippen LogP contribution in [0.15, 0.2) is 12.1 Å². The molecule has 0 radical (unpaired) electrons. The van der Waals surface area contributed by atoms with Crippen LogP contribution in [0.5, 0.6) is 0 Å². The summed E-state index contributed by atoms with van der Waals surface area (Å²) in [7, 11) is 0. The Kier molecular flexibility index (Phi) is 4.46. The fraction of sp³-hybridized carbons (Fsp3) is 0.714. The molecule has 1 aromatic carbocycles. The van der Waals surface area contributed by atoms with E-state index in [2.05, 4.69) is 41.1 Å². The van der Waals surface area contributed by atoms with Crippen molar-refractivity contribution in [3.63, 3.8) is 0 Å². The standard InChI is InChI=1S/C21H33N3/c1-3-11-24-20-15-18-8-6-5-7-17(18)14-19(20)22-16-21(24)9-12-23(4-2)13-10-21/h14-15,22H,3-13,16H2,1-2H3. The lowest BCUT2D eigenvalue weighted by Crippen LogP contribution is -2.61. The molecule has 0 amide bonds. The fourth-order valence-electron chi connectivity index (χ4n) is 5.06. The highest BCUT2D eigenvalue weighted by Crippen LogP contribution is 2.43. The first-order valence-electron chi connectivity index (χ1n) is 10.2. The van der Waals surface area contributed by atoms with Gasteiger partial charge in [0.2, 0.25) is 0 Å². The first-order chi connectivity index (χ1) is 11.8. The van der Waals surface area contributed by atoms with Crippen LogP contribution in [0.2, 0.25) is 0 Å². The van der Waals surface area contributed by atoms with Crippen LogP contribution in [0.3, 0.4) is 0 Å². The SMILES string of the molecule is CCCN1c2cc3c(cc2NCC12CCN(CC)CC2)CCCC3. The van der Waals surface area contributed by atoms with Gasteiger partial charge < -0.3 is 15.1 Å². The predicted octanol–water partition coefficient (Wildman–Crippen LogP) is 4.06. The van der Waals surface area contributed by atoms with Crippen LogP contribution >= 0.6 is 0 Å². The molecule has 1 fully saturated rings. The van der Waals surface area contributed by atoms with Crippen LogP contribution in [-0.2, 0) is 12.8 Å². The van der Waals surface area contributed by atoms with Crippen LogP contribution < -0.4 is 10.2 Å². The van der Waals surface area contributed by atoms with Gasteiger partial charge in [0.25, 0.3) is 0 Å². The number of hydrogen-bond acceptors (Lipinski definition) is 3. The zero-order chi connectivity index (χ0) is 16.6. The van der Waals surface area contributed by atoms with Crippen LogP contribution in [0.25, 0.3) is 0 Å². The van der Waals surface area contributed by atoms with E-state index in [1.54, 1.807) is 11.1 Å². The minimum atomic E-state index is 0.331. The van der Waals surface area contributed by atoms with Crippen molar-refractivity contribution in [2.45, 2.75) is 64.3 Å². The Balaban J connectivity index is 1.68. The Labute approximate surface area is 147 Å². The molecule has 132 valence electrons. The van der Waals surface area contributed by atoms with E-state index >= 15 is 0 Å². The second-order valence-electron chi connectivity index (χ2n) is 8.01. The van der Waals surface area contributed by atoms with Crippen molar-refractivity contribution in [1.82, 2.24) is 4.90 Å². The lowest BCUT2D eigenvalue weighted by atomic mass is 9.81. The zero-order valence-corrected chi connectivity index (χ0v) is 15.5. The monoisotopic (exact) mass is 327 g/mol. The zero-order valence-electron chi connectivity index (χ0n) is 15.5. The van der Waals surface area contributed by atoms with Crippen molar-refractivity contribution in [2.24, 2.45) is 0 Å². The van der Waals surface area contributed by atoms with Crippen LogP contribution in [0, 0.1) is 0 Å². The molecular weight excluding hydrogens is 294 g/mol. The number of benzene rings is 1. The van der Waals surface area contributed by atoms with Gasteiger partial charge >= 0.3 is 0 Å².